The quantitative estimate of drug-likeness (QED) is 0.719. The molecule has 0 saturated carbocycles. The fraction of sp³-hybridized carbons (Fsp3) is 0.500. The molecule has 0 aliphatic heterocycles. The van der Waals surface area contributed by atoms with Gasteiger partial charge in [0, 0.05) is 0 Å². The molecule has 0 bridgehead atoms. The summed E-state index contributed by atoms with van der Waals surface area (Å²) in [6.45, 7) is 6.53. The van der Waals surface area contributed by atoms with Gasteiger partial charge in [0.25, 0.3) is 0 Å². The topological polar surface area (TPSA) is 52.6 Å². The van der Waals surface area contributed by atoms with Crippen molar-refractivity contribution in [1.82, 2.24) is 0 Å². The summed E-state index contributed by atoms with van der Waals surface area (Å²) >= 11 is 0. The molecule has 110 valence electrons. The van der Waals surface area contributed by atoms with Gasteiger partial charge in [-0.15, -0.1) is 0 Å². The molecule has 0 aliphatic carbocycles. The van der Waals surface area contributed by atoms with Gasteiger partial charge in [-0.3, -0.25) is 9.59 Å². The molecule has 4 heteroatoms. The molecule has 0 unspecified atom stereocenters. The van der Waals surface area contributed by atoms with E-state index in [9.17, 15) is 9.59 Å². The first-order valence-electron chi connectivity index (χ1n) is 6.84. The summed E-state index contributed by atoms with van der Waals surface area (Å²) in [6.07, 6.45) is 0.127. The molecule has 0 amide bonds. The maximum absolute atomic E-state index is 11.5. The minimum absolute atomic E-state index is 0.0583. The Morgan fingerprint density at radius 2 is 1.75 bits per heavy atom. The van der Waals surface area contributed by atoms with Crippen molar-refractivity contribution in [2.45, 2.75) is 40.2 Å². The van der Waals surface area contributed by atoms with Crippen molar-refractivity contribution in [3.63, 3.8) is 0 Å². The molecule has 0 fully saturated rings. The third-order valence-corrected chi connectivity index (χ3v) is 2.59. The number of carbonyl (C=O) groups excluding carboxylic acids is 2. The van der Waals surface area contributed by atoms with Gasteiger partial charge in [0.15, 0.2) is 0 Å². The predicted octanol–water partition coefficient (Wildman–Crippen LogP) is 3.02. The number of hydrogen-bond acceptors (Lipinski definition) is 4. The highest BCUT2D eigenvalue weighted by Crippen LogP contribution is 2.07. The largest absolute Gasteiger partial charge is 0.465 e. The molecule has 0 N–H and O–H groups in total. The van der Waals surface area contributed by atoms with Crippen LogP contribution < -0.4 is 0 Å². The number of ether oxygens (including phenoxy) is 2. The molecule has 1 aromatic rings. The van der Waals surface area contributed by atoms with E-state index in [0.29, 0.717) is 12.5 Å². The molecule has 1 aromatic carbocycles. The first-order valence-corrected chi connectivity index (χ1v) is 6.84. The Balaban J connectivity index is 2.22. The number of hydrogen-bond donors (Lipinski definition) is 0. The van der Waals surface area contributed by atoms with Crippen LogP contribution in [0.15, 0.2) is 24.3 Å². The van der Waals surface area contributed by atoms with Gasteiger partial charge in [-0.1, -0.05) is 43.7 Å². The van der Waals surface area contributed by atoms with Gasteiger partial charge in [-0.25, -0.2) is 0 Å². The van der Waals surface area contributed by atoms with Gasteiger partial charge in [0.2, 0.25) is 0 Å². The summed E-state index contributed by atoms with van der Waals surface area (Å²) in [4.78, 5) is 22.9. The van der Waals surface area contributed by atoms with Crippen LogP contribution in [0.5, 0.6) is 0 Å². The standard InChI is InChI=1S/C16H22O4/c1-12(2)10-19-15(17)7-8-16(18)20-11-14-6-4-5-13(3)9-14/h4-6,9,12H,7-8,10-11H2,1-3H3. The van der Waals surface area contributed by atoms with Crippen molar-refractivity contribution in [1.29, 1.82) is 0 Å². The zero-order valence-corrected chi connectivity index (χ0v) is 12.3. The first-order chi connectivity index (χ1) is 9.47. The SMILES string of the molecule is Cc1cccc(COC(=O)CCC(=O)OCC(C)C)c1. The number of esters is 2. The lowest BCUT2D eigenvalue weighted by Gasteiger charge is -2.07. The highest BCUT2D eigenvalue weighted by Gasteiger charge is 2.10. The van der Waals surface area contributed by atoms with Crippen LogP contribution in [0.25, 0.3) is 0 Å². The summed E-state index contributed by atoms with van der Waals surface area (Å²) in [7, 11) is 0. The van der Waals surface area contributed by atoms with Gasteiger partial charge >= 0.3 is 11.9 Å². The Labute approximate surface area is 120 Å². The monoisotopic (exact) mass is 278 g/mol. The second kappa shape index (κ2) is 8.35. The summed E-state index contributed by atoms with van der Waals surface area (Å²) in [5.41, 5.74) is 2.07. The second-order valence-corrected chi connectivity index (χ2v) is 5.23. The van der Waals surface area contributed by atoms with Gasteiger partial charge in [0.1, 0.15) is 6.61 Å². The molecule has 0 spiro atoms. The number of benzene rings is 1. The van der Waals surface area contributed by atoms with E-state index in [-0.39, 0.29) is 31.4 Å². The Bertz CT molecular complexity index is 452. The van der Waals surface area contributed by atoms with Crippen molar-refractivity contribution < 1.29 is 19.1 Å². The average molecular weight is 278 g/mol. The Hall–Kier alpha value is -1.84. The third-order valence-electron chi connectivity index (χ3n) is 2.59. The number of carbonyl (C=O) groups is 2. The summed E-state index contributed by atoms with van der Waals surface area (Å²) in [6, 6.07) is 7.76. The van der Waals surface area contributed by atoms with Gasteiger partial charge in [-0.05, 0) is 18.4 Å². The van der Waals surface area contributed by atoms with E-state index in [1.807, 2.05) is 45.0 Å². The molecule has 0 atom stereocenters. The van der Waals surface area contributed by atoms with Gasteiger partial charge in [-0.2, -0.15) is 0 Å². The fourth-order valence-electron chi connectivity index (χ4n) is 1.57. The Morgan fingerprint density at radius 3 is 2.35 bits per heavy atom. The van der Waals surface area contributed by atoms with Crippen LogP contribution in [0.3, 0.4) is 0 Å². The van der Waals surface area contributed by atoms with Crippen molar-refractivity contribution >= 4 is 11.9 Å². The van der Waals surface area contributed by atoms with E-state index in [0.717, 1.165) is 11.1 Å². The van der Waals surface area contributed by atoms with Crippen LogP contribution >= 0.6 is 0 Å². The average Bonchev–Trinajstić information content (AvgIpc) is 2.40. The minimum Gasteiger partial charge on any atom is -0.465 e. The highest BCUT2D eigenvalue weighted by atomic mass is 16.5. The van der Waals surface area contributed by atoms with Crippen LogP contribution in [0.2, 0.25) is 0 Å². The molecular weight excluding hydrogens is 256 g/mol. The molecule has 4 nitrogen and oxygen atoms in total. The maximum Gasteiger partial charge on any atom is 0.306 e. The van der Waals surface area contributed by atoms with Gasteiger partial charge in [0.05, 0.1) is 19.4 Å². The van der Waals surface area contributed by atoms with Crippen molar-refractivity contribution in [3.8, 4) is 0 Å². The molecule has 0 aliphatic rings. The lowest BCUT2D eigenvalue weighted by Crippen LogP contribution is -2.12. The normalized spacial score (nSPS) is 10.4. The van der Waals surface area contributed by atoms with E-state index >= 15 is 0 Å². The maximum atomic E-state index is 11.5. The summed E-state index contributed by atoms with van der Waals surface area (Å²) < 4.78 is 10.1. The van der Waals surface area contributed by atoms with E-state index in [1.54, 1.807) is 0 Å². The lowest BCUT2D eigenvalue weighted by molar-refractivity contribution is -0.151. The fourth-order valence-corrected chi connectivity index (χ4v) is 1.57. The Morgan fingerprint density at radius 1 is 1.10 bits per heavy atom. The molecule has 0 heterocycles. The van der Waals surface area contributed by atoms with Crippen LogP contribution in [0.4, 0.5) is 0 Å². The van der Waals surface area contributed by atoms with E-state index in [4.69, 9.17) is 9.47 Å². The molecule has 0 aromatic heterocycles. The van der Waals surface area contributed by atoms with Crippen LogP contribution in [-0.2, 0) is 25.7 Å². The first kappa shape index (κ1) is 16.2. The van der Waals surface area contributed by atoms with Crippen molar-refractivity contribution in [2.24, 2.45) is 5.92 Å². The van der Waals surface area contributed by atoms with Crippen molar-refractivity contribution in [2.75, 3.05) is 6.61 Å². The summed E-state index contributed by atoms with van der Waals surface area (Å²) in [5.74, 6) is -0.438. The molecular formula is C16H22O4. The van der Waals surface area contributed by atoms with E-state index < -0.39 is 0 Å². The molecule has 0 saturated heterocycles. The smallest absolute Gasteiger partial charge is 0.306 e. The zero-order valence-electron chi connectivity index (χ0n) is 12.3. The number of rotatable bonds is 7. The van der Waals surface area contributed by atoms with Crippen molar-refractivity contribution in [3.05, 3.63) is 35.4 Å². The molecule has 20 heavy (non-hydrogen) atoms. The summed E-state index contributed by atoms with van der Waals surface area (Å²) in [5, 5.41) is 0. The predicted molar refractivity (Wildman–Crippen MR) is 76.0 cm³/mol. The lowest BCUT2D eigenvalue weighted by atomic mass is 10.1. The van der Waals surface area contributed by atoms with E-state index in [2.05, 4.69) is 0 Å². The molecule has 1 rings (SSSR count). The Kier molecular flexibility index (Phi) is 6.77. The van der Waals surface area contributed by atoms with E-state index in [1.165, 1.54) is 0 Å². The van der Waals surface area contributed by atoms with Gasteiger partial charge < -0.3 is 9.47 Å². The van der Waals surface area contributed by atoms with Crippen LogP contribution in [0, 0.1) is 12.8 Å². The molecule has 0 radical (unpaired) electrons. The zero-order chi connectivity index (χ0) is 15.0. The second-order valence-electron chi connectivity index (χ2n) is 5.23. The minimum atomic E-state index is -0.381. The van der Waals surface area contributed by atoms with Crippen LogP contribution in [-0.4, -0.2) is 18.5 Å². The highest BCUT2D eigenvalue weighted by molar-refractivity contribution is 5.77. The van der Waals surface area contributed by atoms with Crippen LogP contribution in [0.1, 0.15) is 37.8 Å². The third kappa shape index (κ3) is 6.92. The number of aryl methyl sites for hydroxylation is 1.